The van der Waals surface area contributed by atoms with Crippen LogP contribution in [0.3, 0.4) is 0 Å². The van der Waals surface area contributed by atoms with Crippen LogP contribution in [0.2, 0.25) is 0 Å². The summed E-state index contributed by atoms with van der Waals surface area (Å²) in [6.45, 7) is 21.0. The first-order chi connectivity index (χ1) is 12.9. The van der Waals surface area contributed by atoms with E-state index in [1.165, 1.54) is 18.9 Å². The van der Waals surface area contributed by atoms with Crippen LogP contribution in [0.4, 0.5) is 4.79 Å². The molecule has 0 aromatic heterocycles. The molecule has 0 rings (SSSR count). The van der Waals surface area contributed by atoms with Crippen molar-refractivity contribution in [1.82, 2.24) is 5.32 Å². The van der Waals surface area contributed by atoms with Crippen molar-refractivity contribution in [3.63, 3.8) is 0 Å². The summed E-state index contributed by atoms with van der Waals surface area (Å²) in [6.07, 6.45) is 8.19. The van der Waals surface area contributed by atoms with Gasteiger partial charge in [-0.05, 0) is 67.7 Å². The molecule has 0 aliphatic heterocycles. The normalized spacial score (nSPS) is 14.4. The molecule has 0 fully saturated rings. The van der Waals surface area contributed by atoms with E-state index in [2.05, 4.69) is 52.6 Å². The molecular weight excluding hydrogens is 350 g/mol. The van der Waals surface area contributed by atoms with Crippen LogP contribution in [0, 0.1) is 11.3 Å². The van der Waals surface area contributed by atoms with Crippen molar-refractivity contribution < 1.29 is 14.3 Å². The number of carbonyl (C=O) groups excluding carboxylic acids is 2. The molecule has 4 heteroatoms. The summed E-state index contributed by atoms with van der Waals surface area (Å²) in [7, 11) is 0. The predicted octanol–water partition coefficient (Wildman–Crippen LogP) is 6.38. The fourth-order valence-corrected chi connectivity index (χ4v) is 3.59. The van der Waals surface area contributed by atoms with Gasteiger partial charge in [0.15, 0.2) is 0 Å². The van der Waals surface area contributed by atoms with Gasteiger partial charge in [-0.25, -0.2) is 4.79 Å². The average Bonchev–Trinajstić information content (AvgIpc) is 2.53. The van der Waals surface area contributed by atoms with E-state index in [-0.39, 0.29) is 12.0 Å². The third-order valence-corrected chi connectivity index (χ3v) is 4.58. The topological polar surface area (TPSA) is 55.4 Å². The number of ether oxygens (including phenoxy) is 1. The van der Waals surface area contributed by atoms with E-state index in [4.69, 9.17) is 4.74 Å². The van der Waals surface area contributed by atoms with Crippen molar-refractivity contribution >= 4 is 12.4 Å². The Balaban J connectivity index is 5.46. The molecule has 160 valence electrons. The molecule has 0 aromatic carbocycles. The van der Waals surface area contributed by atoms with Gasteiger partial charge in [-0.2, -0.15) is 0 Å². The van der Waals surface area contributed by atoms with Crippen LogP contribution in [0.15, 0.2) is 35.5 Å². The molecule has 0 aromatic rings. The minimum Gasteiger partial charge on any atom is -0.444 e. The highest BCUT2D eigenvalue weighted by atomic mass is 16.6. The summed E-state index contributed by atoms with van der Waals surface area (Å²) in [4.78, 5) is 23.2. The molecule has 0 spiro atoms. The number of allylic oxidation sites excluding steroid dienone is 3. The van der Waals surface area contributed by atoms with E-state index in [9.17, 15) is 9.59 Å². The van der Waals surface area contributed by atoms with Crippen LogP contribution < -0.4 is 5.32 Å². The highest BCUT2D eigenvalue weighted by molar-refractivity contribution is 5.72. The maximum absolute atomic E-state index is 12.0. The van der Waals surface area contributed by atoms with Gasteiger partial charge in [-0.1, -0.05) is 60.1 Å². The molecule has 1 N–H and O–H groups in total. The third-order valence-electron chi connectivity index (χ3n) is 4.58. The molecule has 1 unspecified atom stereocenters. The van der Waals surface area contributed by atoms with E-state index < -0.39 is 11.7 Å². The number of alkyl carbamates (subject to hydrolysis) is 1. The Hall–Kier alpha value is -1.84. The van der Waals surface area contributed by atoms with E-state index in [1.54, 1.807) is 0 Å². The summed E-state index contributed by atoms with van der Waals surface area (Å²) in [6, 6.07) is 0. The monoisotopic (exact) mass is 391 g/mol. The lowest BCUT2D eigenvalue weighted by atomic mass is 9.72. The Morgan fingerprint density at radius 2 is 1.79 bits per heavy atom. The number of carbonyl (C=O) groups is 2. The standard InChI is InChI=1S/C24H41NO3/c1-10-12-18(3)16-24(8,9)21(13-11-2)19(4)20(14-15-26)17-25-22(27)28-23(5,6)7/h13-15,18H,4,10-12,16-17H2,1-3,5-9H3,(H,25,27)/b20-14-,21-13-. The van der Waals surface area contributed by atoms with Gasteiger partial charge in [0.05, 0.1) is 0 Å². The number of amides is 1. The second-order valence-corrected chi connectivity index (χ2v) is 9.17. The molecular formula is C24H41NO3. The zero-order valence-corrected chi connectivity index (χ0v) is 19.3. The lowest BCUT2D eigenvalue weighted by molar-refractivity contribution is -0.104. The molecule has 28 heavy (non-hydrogen) atoms. The SMILES string of the molecule is C=C(/C(=C\C=O)CNC(=O)OC(C)(C)C)/C(=C/CC)C(C)(C)CC(C)CCC. The number of rotatable bonds is 11. The van der Waals surface area contributed by atoms with Crippen molar-refractivity contribution in [3.8, 4) is 0 Å². The molecule has 4 nitrogen and oxygen atoms in total. The second-order valence-electron chi connectivity index (χ2n) is 9.17. The van der Waals surface area contributed by atoms with E-state index >= 15 is 0 Å². The molecule has 0 aliphatic rings. The first-order valence-corrected chi connectivity index (χ1v) is 10.4. The van der Waals surface area contributed by atoms with Gasteiger partial charge >= 0.3 is 6.09 Å². The first kappa shape index (κ1) is 26.2. The van der Waals surface area contributed by atoms with Gasteiger partial charge in [0, 0.05) is 6.54 Å². The van der Waals surface area contributed by atoms with Crippen LogP contribution in [-0.4, -0.2) is 24.5 Å². The van der Waals surface area contributed by atoms with Crippen LogP contribution >= 0.6 is 0 Å². The van der Waals surface area contributed by atoms with E-state index in [1.807, 2.05) is 20.8 Å². The van der Waals surface area contributed by atoms with Crippen molar-refractivity contribution in [2.75, 3.05) is 6.54 Å². The zero-order valence-electron chi connectivity index (χ0n) is 19.3. The minimum atomic E-state index is -0.569. The number of aldehydes is 1. The van der Waals surface area contributed by atoms with E-state index in [0.717, 1.165) is 30.3 Å². The largest absolute Gasteiger partial charge is 0.444 e. The molecule has 0 saturated carbocycles. The zero-order chi connectivity index (χ0) is 22.0. The fourth-order valence-electron chi connectivity index (χ4n) is 3.59. The Bertz CT molecular complexity index is 591. The van der Waals surface area contributed by atoms with Crippen LogP contribution in [0.1, 0.15) is 81.1 Å². The van der Waals surface area contributed by atoms with Gasteiger partial charge < -0.3 is 10.1 Å². The number of hydrogen-bond acceptors (Lipinski definition) is 3. The summed E-state index contributed by atoms with van der Waals surface area (Å²) < 4.78 is 5.29. The molecule has 1 amide bonds. The van der Waals surface area contributed by atoms with Gasteiger partial charge in [0.25, 0.3) is 0 Å². The van der Waals surface area contributed by atoms with Crippen LogP contribution in [0.25, 0.3) is 0 Å². The third kappa shape index (κ3) is 9.91. The second kappa shape index (κ2) is 11.9. The van der Waals surface area contributed by atoms with Crippen molar-refractivity contribution in [2.24, 2.45) is 11.3 Å². The maximum atomic E-state index is 12.0. The van der Waals surface area contributed by atoms with Gasteiger partial charge in [0.2, 0.25) is 0 Å². The number of nitrogens with one attached hydrogen (secondary N) is 1. The number of hydrogen-bond donors (Lipinski definition) is 1. The van der Waals surface area contributed by atoms with Crippen LogP contribution in [-0.2, 0) is 9.53 Å². The lowest BCUT2D eigenvalue weighted by Crippen LogP contribution is -2.34. The molecule has 0 radical (unpaired) electrons. The molecule has 0 saturated heterocycles. The highest BCUT2D eigenvalue weighted by Crippen LogP contribution is 2.40. The molecule has 0 heterocycles. The Labute approximate surface area is 172 Å². The first-order valence-electron chi connectivity index (χ1n) is 10.4. The van der Waals surface area contributed by atoms with Gasteiger partial charge in [0.1, 0.15) is 11.9 Å². The lowest BCUT2D eigenvalue weighted by Gasteiger charge is -2.33. The molecule has 0 bridgehead atoms. The summed E-state index contributed by atoms with van der Waals surface area (Å²) >= 11 is 0. The van der Waals surface area contributed by atoms with E-state index in [0.29, 0.717) is 11.5 Å². The summed E-state index contributed by atoms with van der Waals surface area (Å²) in [5.41, 5.74) is 2.00. The van der Waals surface area contributed by atoms with Crippen molar-refractivity contribution in [1.29, 1.82) is 0 Å². The van der Waals surface area contributed by atoms with Crippen molar-refractivity contribution in [2.45, 2.75) is 86.7 Å². The Morgan fingerprint density at radius 3 is 2.25 bits per heavy atom. The maximum Gasteiger partial charge on any atom is 0.407 e. The van der Waals surface area contributed by atoms with Crippen LogP contribution in [0.5, 0.6) is 0 Å². The van der Waals surface area contributed by atoms with Crippen molar-refractivity contribution in [3.05, 3.63) is 35.5 Å². The summed E-state index contributed by atoms with van der Waals surface area (Å²) in [5.74, 6) is 0.603. The Morgan fingerprint density at radius 1 is 1.18 bits per heavy atom. The fraction of sp³-hybridized carbons (Fsp3) is 0.667. The Kier molecular flexibility index (Phi) is 11.1. The molecule has 0 aliphatic carbocycles. The quantitative estimate of drug-likeness (QED) is 0.252. The molecule has 1 atom stereocenters. The van der Waals surface area contributed by atoms with Gasteiger partial charge in [-0.3, -0.25) is 4.79 Å². The smallest absolute Gasteiger partial charge is 0.407 e. The summed E-state index contributed by atoms with van der Waals surface area (Å²) in [5, 5.41) is 2.74. The highest BCUT2D eigenvalue weighted by Gasteiger charge is 2.28. The average molecular weight is 392 g/mol. The predicted molar refractivity (Wildman–Crippen MR) is 118 cm³/mol. The minimum absolute atomic E-state index is 0.0738. The van der Waals surface area contributed by atoms with Gasteiger partial charge in [-0.15, -0.1) is 0 Å².